The van der Waals surface area contributed by atoms with E-state index in [4.69, 9.17) is 15.8 Å². The number of nitrogens with one attached hydrogen (secondary N) is 3. The highest BCUT2D eigenvalue weighted by atomic mass is 16.4. The predicted molar refractivity (Wildman–Crippen MR) is 156 cm³/mol. The number of rotatable bonds is 11. The molecule has 212 valence electrons. The largest absolute Gasteiger partial charge is 0.481 e. The fourth-order valence-corrected chi connectivity index (χ4v) is 4.34. The van der Waals surface area contributed by atoms with Crippen molar-refractivity contribution in [3.63, 3.8) is 0 Å². The Kier molecular flexibility index (Phi) is 9.00. The highest BCUT2D eigenvalue weighted by molar-refractivity contribution is 5.95. The molecular weight excluding hydrogens is 524 g/mol. The minimum Gasteiger partial charge on any atom is -0.481 e. The summed E-state index contributed by atoms with van der Waals surface area (Å²) in [7, 11) is 1.66. The first-order valence-electron chi connectivity index (χ1n) is 12.9. The summed E-state index contributed by atoms with van der Waals surface area (Å²) in [4.78, 5) is 45.6. The number of amides is 1. The van der Waals surface area contributed by atoms with E-state index < -0.39 is 24.4 Å². The second kappa shape index (κ2) is 12.8. The smallest absolute Gasteiger partial charge is 0.326 e. The average Bonchev–Trinajstić information content (AvgIpc) is 3.17. The number of aliphatic carboxylic acids is 2. The number of anilines is 1. The van der Waals surface area contributed by atoms with Gasteiger partial charge in [-0.05, 0) is 42.8 Å². The minimum atomic E-state index is -1.35. The Bertz CT molecular complexity index is 1540. The Morgan fingerprint density at radius 1 is 1.07 bits per heavy atom. The number of carboxylic acid groups (broad SMARTS) is 2. The number of carbonyl (C=O) groups excluding carboxylic acids is 1. The second-order valence-corrected chi connectivity index (χ2v) is 9.61. The molecular formula is C30H32N6O5. The van der Waals surface area contributed by atoms with Crippen molar-refractivity contribution in [3.8, 4) is 11.3 Å². The minimum absolute atomic E-state index is 0.0129. The topological polar surface area (TPSA) is 174 Å². The third-order valence-electron chi connectivity index (χ3n) is 6.48. The zero-order valence-corrected chi connectivity index (χ0v) is 22.7. The summed E-state index contributed by atoms with van der Waals surface area (Å²) in [5.74, 6) is -2.26. The molecule has 0 aliphatic carbocycles. The van der Waals surface area contributed by atoms with Gasteiger partial charge < -0.3 is 36.5 Å². The number of hydrogen-bond donors (Lipinski definition) is 6. The van der Waals surface area contributed by atoms with Gasteiger partial charge in [0.2, 0.25) is 0 Å². The van der Waals surface area contributed by atoms with E-state index >= 15 is 0 Å². The summed E-state index contributed by atoms with van der Waals surface area (Å²) in [6, 6.07) is 11.4. The summed E-state index contributed by atoms with van der Waals surface area (Å²) in [5, 5.41) is 24.4. The normalized spacial score (nSPS) is 13.1. The maximum Gasteiger partial charge on any atom is 0.326 e. The van der Waals surface area contributed by atoms with E-state index in [1.165, 1.54) is 11.0 Å². The van der Waals surface area contributed by atoms with Gasteiger partial charge in [-0.25, -0.2) is 9.78 Å². The standard InChI is InChI=1S/C30H32N6O5/c1-18-7-9-19(10-8-18)27-28(23-6-4-3-5-13-32-23)35-25(34-27)17-36(2)29(39)20-11-12-22(21(14-20)16-31)33-24(30(40)41)15-26(37)38/h3-14,24,32-33H,15-17,31H2,1-2H3,(H,34,35)(H,37,38)(H,40,41)/t24-/m0/s1. The van der Waals surface area contributed by atoms with Crippen LogP contribution in [0.2, 0.25) is 0 Å². The lowest BCUT2D eigenvalue weighted by atomic mass is 10.1. The van der Waals surface area contributed by atoms with Gasteiger partial charge in [-0.15, -0.1) is 0 Å². The Balaban J connectivity index is 1.58. The van der Waals surface area contributed by atoms with Gasteiger partial charge >= 0.3 is 11.9 Å². The number of hydrogen-bond acceptors (Lipinski definition) is 7. The maximum absolute atomic E-state index is 13.4. The molecule has 11 heteroatoms. The molecule has 0 bridgehead atoms. The van der Waals surface area contributed by atoms with E-state index in [1.54, 1.807) is 19.2 Å². The van der Waals surface area contributed by atoms with Crippen molar-refractivity contribution < 1.29 is 24.6 Å². The zero-order chi connectivity index (χ0) is 29.5. The Morgan fingerprint density at radius 2 is 1.83 bits per heavy atom. The molecule has 0 radical (unpaired) electrons. The van der Waals surface area contributed by atoms with Crippen molar-refractivity contribution in [2.75, 3.05) is 12.4 Å². The average molecular weight is 557 g/mol. The molecule has 0 fully saturated rings. The monoisotopic (exact) mass is 556 g/mol. The van der Waals surface area contributed by atoms with Crippen molar-refractivity contribution in [1.82, 2.24) is 20.2 Å². The Hall–Kier alpha value is -5.16. The van der Waals surface area contributed by atoms with E-state index in [9.17, 15) is 19.5 Å². The van der Waals surface area contributed by atoms with Gasteiger partial charge in [0.15, 0.2) is 0 Å². The van der Waals surface area contributed by atoms with Crippen LogP contribution in [0.25, 0.3) is 17.0 Å². The Morgan fingerprint density at radius 3 is 2.51 bits per heavy atom. The van der Waals surface area contributed by atoms with Gasteiger partial charge in [0, 0.05) is 36.6 Å². The van der Waals surface area contributed by atoms with Gasteiger partial charge in [0.25, 0.3) is 5.91 Å². The molecule has 41 heavy (non-hydrogen) atoms. The number of aromatic nitrogens is 2. The number of nitrogens with two attached hydrogens (primary N) is 1. The molecule has 1 aromatic heterocycles. The molecule has 1 amide bonds. The van der Waals surface area contributed by atoms with E-state index in [1.807, 2.05) is 61.7 Å². The van der Waals surface area contributed by atoms with E-state index in [0.717, 1.165) is 28.2 Å². The van der Waals surface area contributed by atoms with Crippen molar-refractivity contribution in [2.45, 2.75) is 32.5 Å². The second-order valence-electron chi connectivity index (χ2n) is 9.61. The lowest BCUT2D eigenvalue weighted by Gasteiger charge is -2.19. The van der Waals surface area contributed by atoms with Crippen LogP contribution in [0.5, 0.6) is 0 Å². The van der Waals surface area contributed by atoms with E-state index in [2.05, 4.69) is 15.6 Å². The van der Waals surface area contributed by atoms with Crippen LogP contribution in [0.15, 0.2) is 73.0 Å². The Labute approximate surface area is 237 Å². The van der Waals surface area contributed by atoms with Crippen molar-refractivity contribution in [3.05, 3.63) is 101 Å². The summed E-state index contributed by atoms with van der Waals surface area (Å²) >= 11 is 0. The molecule has 0 saturated carbocycles. The van der Waals surface area contributed by atoms with Gasteiger partial charge in [-0.3, -0.25) is 9.59 Å². The number of benzene rings is 2. The van der Waals surface area contributed by atoms with E-state index in [0.29, 0.717) is 22.6 Å². The first-order chi connectivity index (χ1) is 19.7. The molecule has 2 aromatic carbocycles. The highest BCUT2D eigenvalue weighted by Crippen LogP contribution is 2.28. The molecule has 0 saturated heterocycles. The molecule has 0 unspecified atom stereocenters. The third kappa shape index (κ3) is 7.08. The van der Waals surface area contributed by atoms with Crippen molar-refractivity contribution in [2.24, 2.45) is 5.73 Å². The molecule has 7 N–H and O–H groups in total. The number of allylic oxidation sites excluding steroid dienone is 4. The predicted octanol–water partition coefficient (Wildman–Crippen LogP) is 3.47. The molecule has 4 rings (SSSR count). The molecule has 3 aromatic rings. The maximum atomic E-state index is 13.4. The summed E-state index contributed by atoms with van der Waals surface area (Å²) in [5.41, 5.74) is 11.5. The van der Waals surface area contributed by atoms with Crippen LogP contribution in [0.1, 0.15) is 39.4 Å². The van der Waals surface area contributed by atoms with Crippen LogP contribution in [0.4, 0.5) is 5.69 Å². The number of nitrogens with zero attached hydrogens (tertiary/aromatic N) is 2. The van der Waals surface area contributed by atoms with Crippen LogP contribution in [-0.2, 0) is 22.7 Å². The lowest BCUT2D eigenvalue weighted by molar-refractivity contribution is -0.144. The van der Waals surface area contributed by atoms with Crippen LogP contribution in [0, 0.1) is 6.92 Å². The zero-order valence-electron chi connectivity index (χ0n) is 22.7. The number of carboxylic acids is 2. The van der Waals surface area contributed by atoms with Gasteiger partial charge in [-0.2, -0.15) is 0 Å². The molecule has 1 aliphatic rings. The van der Waals surface area contributed by atoms with E-state index in [-0.39, 0.29) is 19.0 Å². The molecule has 1 atom stereocenters. The van der Waals surface area contributed by atoms with Gasteiger partial charge in [0.05, 0.1) is 30.1 Å². The number of aromatic amines is 1. The first-order valence-corrected chi connectivity index (χ1v) is 12.9. The van der Waals surface area contributed by atoms with Crippen LogP contribution < -0.4 is 16.4 Å². The molecule has 2 heterocycles. The number of imidazole rings is 1. The number of carbonyl (C=O) groups is 3. The molecule has 1 aliphatic heterocycles. The van der Waals surface area contributed by atoms with Crippen molar-refractivity contribution in [1.29, 1.82) is 0 Å². The SMILES string of the molecule is Cc1ccc(-c2nc(CN(C)C(=O)c3ccc(N[C@@H](CC(=O)O)C(=O)O)c(CN)c3)[nH]c2C2=CC=CC=CN2)cc1. The van der Waals surface area contributed by atoms with Crippen molar-refractivity contribution >= 4 is 29.2 Å². The van der Waals surface area contributed by atoms with Gasteiger partial charge in [-0.1, -0.05) is 42.0 Å². The number of H-pyrrole nitrogens is 1. The fourth-order valence-electron chi connectivity index (χ4n) is 4.34. The lowest BCUT2D eigenvalue weighted by Crippen LogP contribution is -2.32. The first kappa shape index (κ1) is 28.8. The third-order valence-corrected chi connectivity index (χ3v) is 6.48. The number of aryl methyl sites for hydroxylation is 1. The van der Waals surface area contributed by atoms with Crippen LogP contribution in [0.3, 0.4) is 0 Å². The molecule has 0 spiro atoms. The summed E-state index contributed by atoms with van der Waals surface area (Å²) < 4.78 is 0. The quantitative estimate of drug-likeness (QED) is 0.207. The van der Waals surface area contributed by atoms with Crippen LogP contribution in [-0.4, -0.2) is 56.0 Å². The molecule has 11 nitrogen and oxygen atoms in total. The fraction of sp³-hybridized carbons (Fsp3) is 0.200. The summed E-state index contributed by atoms with van der Waals surface area (Å²) in [6.45, 7) is 2.22. The summed E-state index contributed by atoms with van der Waals surface area (Å²) in [6.07, 6.45) is 8.90. The highest BCUT2D eigenvalue weighted by Gasteiger charge is 2.23. The van der Waals surface area contributed by atoms with Gasteiger partial charge in [0.1, 0.15) is 11.9 Å². The van der Waals surface area contributed by atoms with Crippen LogP contribution >= 0.6 is 0 Å².